The van der Waals surface area contributed by atoms with Gasteiger partial charge in [0.2, 0.25) is 0 Å². The van der Waals surface area contributed by atoms with Gasteiger partial charge < -0.3 is 10.2 Å². The molecule has 5 heteroatoms. The van der Waals surface area contributed by atoms with Gasteiger partial charge in [-0.2, -0.15) is 0 Å². The lowest BCUT2D eigenvalue weighted by Crippen LogP contribution is -2.52. The summed E-state index contributed by atoms with van der Waals surface area (Å²) in [6, 6.07) is 14.6. The fourth-order valence-electron chi connectivity index (χ4n) is 4.17. The van der Waals surface area contributed by atoms with Crippen LogP contribution in [0.2, 0.25) is 0 Å². The number of anilines is 1. The second-order valence-electron chi connectivity index (χ2n) is 7.07. The quantitative estimate of drug-likeness (QED) is 0.937. The molecule has 1 aromatic carbocycles. The number of benzene rings is 1. The zero-order valence-electron chi connectivity index (χ0n) is 14.6. The van der Waals surface area contributed by atoms with Crippen molar-refractivity contribution in [3.05, 3.63) is 60.4 Å². The SMILES string of the molecule is C[C@@]1(c2ccccc2)CN(c2ccncc2)C(=O)N1C1CCNCC1. The monoisotopic (exact) mass is 336 g/mol. The molecule has 130 valence electrons. The molecule has 0 unspecified atom stereocenters. The lowest BCUT2D eigenvalue weighted by molar-refractivity contribution is 0.109. The highest BCUT2D eigenvalue weighted by atomic mass is 16.2. The first-order chi connectivity index (χ1) is 12.2. The minimum Gasteiger partial charge on any atom is -0.317 e. The summed E-state index contributed by atoms with van der Waals surface area (Å²) in [6.45, 7) is 4.79. The Hall–Kier alpha value is -2.40. The summed E-state index contributed by atoms with van der Waals surface area (Å²) in [7, 11) is 0. The van der Waals surface area contributed by atoms with Crippen molar-refractivity contribution in [1.29, 1.82) is 0 Å². The van der Waals surface area contributed by atoms with Gasteiger partial charge in [0.1, 0.15) is 0 Å². The molecule has 0 saturated carbocycles. The molecule has 0 radical (unpaired) electrons. The van der Waals surface area contributed by atoms with Gasteiger partial charge in [-0.3, -0.25) is 9.88 Å². The van der Waals surface area contributed by atoms with E-state index in [9.17, 15) is 4.79 Å². The summed E-state index contributed by atoms with van der Waals surface area (Å²) >= 11 is 0. The lowest BCUT2D eigenvalue weighted by Gasteiger charge is -2.41. The van der Waals surface area contributed by atoms with Crippen molar-refractivity contribution in [3.8, 4) is 0 Å². The summed E-state index contributed by atoms with van der Waals surface area (Å²) in [4.78, 5) is 21.5. The largest absolute Gasteiger partial charge is 0.325 e. The molecule has 25 heavy (non-hydrogen) atoms. The average molecular weight is 336 g/mol. The van der Waals surface area contributed by atoms with E-state index in [1.54, 1.807) is 12.4 Å². The van der Waals surface area contributed by atoms with Gasteiger partial charge >= 0.3 is 6.03 Å². The molecule has 2 aromatic rings. The Morgan fingerprint density at radius 1 is 1.08 bits per heavy atom. The number of piperidine rings is 1. The number of hydrogen-bond donors (Lipinski definition) is 1. The van der Waals surface area contributed by atoms with E-state index in [-0.39, 0.29) is 17.6 Å². The van der Waals surface area contributed by atoms with Crippen LogP contribution in [0.25, 0.3) is 0 Å². The van der Waals surface area contributed by atoms with Crippen LogP contribution in [0.1, 0.15) is 25.3 Å². The van der Waals surface area contributed by atoms with Gasteiger partial charge in [0.15, 0.2) is 0 Å². The Morgan fingerprint density at radius 2 is 1.76 bits per heavy atom. The number of nitrogens with one attached hydrogen (secondary N) is 1. The zero-order chi connectivity index (χ0) is 17.3. The van der Waals surface area contributed by atoms with Gasteiger partial charge in [-0.1, -0.05) is 30.3 Å². The normalized spacial score (nSPS) is 24.8. The summed E-state index contributed by atoms with van der Waals surface area (Å²) < 4.78 is 0. The Labute approximate surface area is 148 Å². The fourth-order valence-corrected chi connectivity index (χ4v) is 4.17. The fraction of sp³-hybridized carbons (Fsp3) is 0.400. The minimum atomic E-state index is -0.330. The Morgan fingerprint density at radius 3 is 2.44 bits per heavy atom. The molecule has 2 amide bonds. The molecule has 2 saturated heterocycles. The van der Waals surface area contributed by atoms with E-state index in [4.69, 9.17) is 0 Å². The molecule has 3 heterocycles. The van der Waals surface area contributed by atoms with Gasteiger partial charge in [-0.25, -0.2) is 4.79 Å². The minimum absolute atomic E-state index is 0.101. The molecule has 1 aromatic heterocycles. The van der Waals surface area contributed by atoms with E-state index in [1.807, 2.05) is 23.1 Å². The van der Waals surface area contributed by atoms with Crippen molar-refractivity contribution in [2.45, 2.75) is 31.3 Å². The molecule has 1 N–H and O–H groups in total. The molecule has 1 atom stereocenters. The summed E-state index contributed by atoms with van der Waals surface area (Å²) in [6.07, 6.45) is 5.49. The van der Waals surface area contributed by atoms with E-state index < -0.39 is 0 Å². The maximum absolute atomic E-state index is 13.4. The van der Waals surface area contributed by atoms with Crippen LogP contribution in [0.3, 0.4) is 0 Å². The van der Waals surface area contributed by atoms with Crippen molar-refractivity contribution >= 4 is 11.7 Å². The van der Waals surface area contributed by atoms with Gasteiger partial charge in [-0.05, 0) is 50.6 Å². The smallest absolute Gasteiger partial charge is 0.317 e. The second-order valence-corrected chi connectivity index (χ2v) is 7.07. The highest BCUT2D eigenvalue weighted by Crippen LogP contribution is 2.40. The molecule has 4 rings (SSSR count). The van der Waals surface area contributed by atoms with Gasteiger partial charge in [0.25, 0.3) is 0 Å². The Kier molecular flexibility index (Phi) is 4.17. The molecule has 2 fully saturated rings. The zero-order valence-corrected chi connectivity index (χ0v) is 14.6. The number of hydrogen-bond acceptors (Lipinski definition) is 3. The van der Waals surface area contributed by atoms with Crippen LogP contribution < -0.4 is 10.2 Å². The molecule has 0 bridgehead atoms. The average Bonchev–Trinajstić information content (AvgIpc) is 2.96. The lowest BCUT2D eigenvalue weighted by atomic mass is 9.88. The van der Waals surface area contributed by atoms with Crippen LogP contribution in [0, 0.1) is 0 Å². The summed E-state index contributed by atoms with van der Waals surface area (Å²) in [5, 5.41) is 3.40. The van der Waals surface area contributed by atoms with Crippen LogP contribution in [0.4, 0.5) is 10.5 Å². The Bertz CT molecular complexity index is 730. The van der Waals surface area contributed by atoms with Crippen LogP contribution in [0.15, 0.2) is 54.9 Å². The molecule has 5 nitrogen and oxygen atoms in total. The molecule has 0 aliphatic carbocycles. The van der Waals surface area contributed by atoms with Crippen molar-refractivity contribution in [3.63, 3.8) is 0 Å². The van der Waals surface area contributed by atoms with Crippen LogP contribution in [0.5, 0.6) is 0 Å². The van der Waals surface area contributed by atoms with Crippen LogP contribution >= 0.6 is 0 Å². The van der Waals surface area contributed by atoms with Crippen molar-refractivity contribution in [1.82, 2.24) is 15.2 Å². The third-order valence-electron chi connectivity index (χ3n) is 5.48. The standard InChI is InChI=1S/C20H24N4O/c1-20(16-5-3-2-4-6-16)15-23(17-7-11-21-12-8-17)19(25)24(20)18-9-13-22-14-10-18/h2-8,11-12,18,22H,9-10,13-15H2,1H3/t20-/m0/s1. The maximum atomic E-state index is 13.4. The summed E-state index contributed by atoms with van der Waals surface area (Å²) in [5.74, 6) is 0. The number of carbonyl (C=O) groups excluding carboxylic acids is 1. The first kappa shape index (κ1) is 16.1. The predicted molar refractivity (Wildman–Crippen MR) is 98.5 cm³/mol. The molecular weight excluding hydrogens is 312 g/mol. The first-order valence-electron chi connectivity index (χ1n) is 8.97. The maximum Gasteiger partial charge on any atom is 0.325 e. The van der Waals surface area contributed by atoms with Crippen molar-refractivity contribution in [2.75, 3.05) is 24.5 Å². The number of amides is 2. The predicted octanol–water partition coefficient (Wildman–Crippen LogP) is 2.99. The van der Waals surface area contributed by atoms with Crippen LogP contribution in [-0.2, 0) is 5.54 Å². The highest BCUT2D eigenvalue weighted by molar-refractivity contribution is 5.95. The Balaban J connectivity index is 1.75. The summed E-state index contributed by atoms with van der Waals surface area (Å²) in [5.41, 5.74) is 1.78. The van der Waals surface area contributed by atoms with E-state index >= 15 is 0 Å². The number of nitrogens with zero attached hydrogens (tertiary/aromatic N) is 3. The van der Waals surface area contributed by atoms with E-state index in [0.29, 0.717) is 6.54 Å². The van der Waals surface area contributed by atoms with Crippen molar-refractivity contribution in [2.24, 2.45) is 0 Å². The van der Waals surface area contributed by atoms with E-state index in [0.717, 1.165) is 31.6 Å². The number of carbonyl (C=O) groups is 1. The third-order valence-corrected chi connectivity index (χ3v) is 5.48. The van der Waals surface area contributed by atoms with E-state index in [2.05, 4.69) is 46.4 Å². The van der Waals surface area contributed by atoms with Gasteiger partial charge in [0, 0.05) is 24.1 Å². The van der Waals surface area contributed by atoms with Crippen LogP contribution in [-0.4, -0.2) is 41.6 Å². The first-order valence-corrected chi connectivity index (χ1v) is 8.97. The number of pyridine rings is 1. The number of aromatic nitrogens is 1. The highest BCUT2D eigenvalue weighted by Gasteiger charge is 2.50. The number of rotatable bonds is 3. The number of urea groups is 1. The van der Waals surface area contributed by atoms with E-state index in [1.165, 1.54) is 5.56 Å². The second kappa shape index (κ2) is 6.48. The van der Waals surface area contributed by atoms with Gasteiger partial charge in [-0.15, -0.1) is 0 Å². The molecular formula is C20H24N4O. The molecule has 2 aliphatic heterocycles. The van der Waals surface area contributed by atoms with Crippen molar-refractivity contribution < 1.29 is 4.79 Å². The molecule has 0 spiro atoms. The topological polar surface area (TPSA) is 48.5 Å². The third kappa shape index (κ3) is 2.78. The molecule has 2 aliphatic rings. The van der Waals surface area contributed by atoms with Gasteiger partial charge in [0.05, 0.1) is 12.1 Å².